The van der Waals surface area contributed by atoms with Crippen LogP contribution >= 0.6 is 0 Å². The van der Waals surface area contributed by atoms with E-state index >= 15 is 0 Å². The first kappa shape index (κ1) is 15.6. The van der Waals surface area contributed by atoms with Crippen molar-refractivity contribution in [1.29, 1.82) is 0 Å². The van der Waals surface area contributed by atoms with E-state index in [9.17, 15) is 14.4 Å². The Labute approximate surface area is 102 Å². The van der Waals surface area contributed by atoms with E-state index in [0.29, 0.717) is 6.42 Å². The van der Waals surface area contributed by atoms with Gasteiger partial charge in [-0.05, 0) is 5.92 Å². The number of carbonyl (C=O) groups excluding carboxylic acids is 3. The minimum absolute atomic E-state index is 0.0249. The molecule has 0 rings (SSSR count). The topological polar surface area (TPSA) is 72.5 Å². The first-order chi connectivity index (χ1) is 7.96. The van der Waals surface area contributed by atoms with Crippen LogP contribution in [-0.4, -0.2) is 30.8 Å². The number of amides is 1. The van der Waals surface area contributed by atoms with Crippen LogP contribution < -0.4 is 5.32 Å². The van der Waals surface area contributed by atoms with Gasteiger partial charge in [-0.1, -0.05) is 27.2 Å². The molecule has 0 aromatic rings. The number of esters is 1. The van der Waals surface area contributed by atoms with E-state index in [1.165, 1.54) is 7.11 Å². The van der Waals surface area contributed by atoms with Gasteiger partial charge in [-0.15, -0.1) is 0 Å². The highest BCUT2D eigenvalue weighted by Gasteiger charge is 2.26. The van der Waals surface area contributed by atoms with Crippen molar-refractivity contribution in [2.24, 2.45) is 5.92 Å². The van der Waals surface area contributed by atoms with Crippen LogP contribution in [0.15, 0.2) is 0 Å². The summed E-state index contributed by atoms with van der Waals surface area (Å²) in [7, 11) is 1.28. The van der Waals surface area contributed by atoms with Crippen LogP contribution in [0.3, 0.4) is 0 Å². The zero-order valence-electron chi connectivity index (χ0n) is 10.9. The lowest BCUT2D eigenvalue weighted by atomic mass is 9.99. The Morgan fingerprint density at radius 1 is 1.24 bits per heavy atom. The van der Waals surface area contributed by atoms with E-state index in [4.69, 9.17) is 0 Å². The molecule has 0 aromatic carbocycles. The van der Waals surface area contributed by atoms with E-state index < -0.39 is 17.9 Å². The van der Waals surface area contributed by atoms with E-state index in [0.717, 1.165) is 6.42 Å². The highest BCUT2D eigenvalue weighted by molar-refractivity contribution is 5.99. The van der Waals surface area contributed by atoms with Crippen molar-refractivity contribution in [2.45, 2.75) is 46.1 Å². The van der Waals surface area contributed by atoms with Crippen molar-refractivity contribution in [1.82, 2.24) is 5.32 Å². The highest BCUT2D eigenvalue weighted by Crippen LogP contribution is 2.09. The molecular weight excluding hydrogens is 222 g/mol. The summed E-state index contributed by atoms with van der Waals surface area (Å²) < 4.78 is 4.63. The first-order valence-electron chi connectivity index (χ1n) is 5.85. The van der Waals surface area contributed by atoms with E-state index in [1.54, 1.807) is 6.92 Å². The second-order valence-electron chi connectivity index (χ2n) is 4.02. The van der Waals surface area contributed by atoms with Gasteiger partial charge >= 0.3 is 5.97 Å². The standard InChI is InChI=1S/C12H21NO4/c1-5-8(3)11(12(16)17-4)13-10(15)7-9(14)6-2/h8,11H,5-7H2,1-4H3,(H,13,15)/t8-,11-/m0/s1. The molecule has 0 bridgehead atoms. The van der Waals surface area contributed by atoms with Gasteiger partial charge in [0.1, 0.15) is 11.8 Å². The summed E-state index contributed by atoms with van der Waals surface area (Å²) in [5.41, 5.74) is 0. The normalized spacial score (nSPS) is 13.6. The Bertz CT molecular complexity index is 288. The van der Waals surface area contributed by atoms with Crippen LogP contribution in [-0.2, 0) is 19.1 Å². The quantitative estimate of drug-likeness (QED) is 0.536. The molecule has 0 saturated carbocycles. The Kier molecular flexibility index (Phi) is 7.18. The van der Waals surface area contributed by atoms with E-state index in [1.807, 2.05) is 13.8 Å². The lowest BCUT2D eigenvalue weighted by Gasteiger charge is -2.21. The lowest BCUT2D eigenvalue weighted by Crippen LogP contribution is -2.46. The van der Waals surface area contributed by atoms with Crippen LogP contribution in [0.2, 0.25) is 0 Å². The highest BCUT2D eigenvalue weighted by atomic mass is 16.5. The van der Waals surface area contributed by atoms with Gasteiger partial charge in [-0.2, -0.15) is 0 Å². The van der Waals surface area contributed by atoms with Gasteiger partial charge in [0.05, 0.1) is 13.5 Å². The third-order valence-electron chi connectivity index (χ3n) is 2.74. The van der Waals surface area contributed by atoms with Crippen LogP contribution in [0, 0.1) is 5.92 Å². The van der Waals surface area contributed by atoms with Gasteiger partial charge in [-0.3, -0.25) is 9.59 Å². The summed E-state index contributed by atoms with van der Waals surface area (Å²) in [5.74, 6) is -1.07. The lowest BCUT2D eigenvalue weighted by molar-refractivity contribution is -0.147. The summed E-state index contributed by atoms with van der Waals surface area (Å²) in [6, 6.07) is -0.679. The maximum absolute atomic E-state index is 11.5. The fourth-order valence-corrected chi connectivity index (χ4v) is 1.32. The van der Waals surface area contributed by atoms with Crippen molar-refractivity contribution < 1.29 is 19.1 Å². The number of ketones is 1. The predicted molar refractivity (Wildman–Crippen MR) is 63.3 cm³/mol. The number of hydrogen-bond acceptors (Lipinski definition) is 4. The molecule has 0 aliphatic carbocycles. The number of hydrogen-bond donors (Lipinski definition) is 1. The third-order valence-corrected chi connectivity index (χ3v) is 2.74. The smallest absolute Gasteiger partial charge is 0.328 e. The molecule has 1 amide bonds. The summed E-state index contributed by atoms with van der Waals surface area (Å²) >= 11 is 0. The molecule has 0 heterocycles. The molecule has 17 heavy (non-hydrogen) atoms. The average molecular weight is 243 g/mol. The molecule has 2 atom stereocenters. The Balaban J connectivity index is 4.48. The summed E-state index contributed by atoms with van der Waals surface area (Å²) in [6.45, 7) is 5.47. The number of carbonyl (C=O) groups is 3. The van der Waals surface area contributed by atoms with Crippen molar-refractivity contribution in [2.75, 3.05) is 7.11 Å². The predicted octanol–water partition coefficient (Wildman–Crippen LogP) is 1.06. The largest absolute Gasteiger partial charge is 0.467 e. The first-order valence-corrected chi connectivity index (χ1v) is 5.85. The summed E-state index contributed by atoms with van der Waals surface area (Å²) in [5, 5.41) is 2.55. The zero-order chi connectivity index (χ0) is 13.4. The molecule has 0 aliphatic heterocycles. The van der Waals surface area contributed by atoms with Gasteiger partial charge in [0, 0.05) is 6.42 Å². The van der Waals surface area contributed by atoms with Crippen LogP contribution in [0.4, 0.5) is 0 Å². The Morgan fingerprint density at radius 3 is 2.24 bits per heavy atom. The third kappa shape index (κ3) is 5.47. The molecule has 5 heteroatoms. The van der Waals surface area contributed by atoms with Gasteiger partial charge in [0.25, 0.3) is 0 Å². The molecular formula is C12H21NO4. The maximum Gasteiger partial charge on any atom is 0.328 e. The summed E-state index contributed by atoms with van der Waals surface area (Å²) in [6.07, 6.45) is 0.877. The van der Waals surface area contributed by atoms with Crippen molar-refractivity contribution in [3.05, 3.63) is 0 Å². The second kappa shape index (κ2) is 7.81. The molecule has 0 spiro atoms. The molecule has 0 aromatic heterocycles. The zero-order valence-corrected chi connectivity index (χ0v) is 10.9. The molecule has 0 radical (unpaired) electrons. The average Bonchev–Trinajstić information content (AvgIpc) is 2.33. The number of nitrogens with one attached hydrogen (secondary N) is 1. The molecule has 0 fully saturated rings. The van der Waals surface area contributed by atoms with Gasteiger partial charge in [-0.25, -0.2) is 4.79 Å². The molecule has 0 aliphatic rings. The number of methoxy groups -OCH3 is 1. The SMILES string of the molecule is CCC(=O)CC(=O)N[C@H](C(=O)OC)[C@@H](C)CC. The van der Waals surface area contributed by atoms with Gasteiger partial charge in [0.15, 0.2) is 0 Å². The molecule has 1 N–H and O–H groups in total. The molecule has 98 valence electrons. The Morgan fingerprint density at radius 2 is 1.82 bits per heavy atom. The number of ether oxygens (including phenoxy) is 1. The fourth-order valence-electron chi connectivity index (χ4n) is 1.32. The molecule has 5 nitrogen and oxygen atoms in total. The fraction of sp³-hybridized carbons (Fsp3) is 0.750. The van der Waals surface area contributed by atoms with Crippen LogP contribution in [0.25, 0.3) is 0 Å². The number of Topliss-reactive ketones (excluding diaryl/α,β-unsaturated/α-hetero) is 1. The van der Waals surface area contributed by atoms with Gasteiger partial charge < -0.3 is 10.1 Å². The van der Waals surface area contributed by atoms with Crippen molar-refractivity contribution in [3.63, 3.8) is 0 Å². The second-order valence-corrected chi connectivity index (χ2v) is 4.02. The monoisotopic (exact) mass is 243 g/mol. The summed E-state index contributed by atoms with van der Waals surface area (Å²) in [4.78, 5) is 34.1. The Hall–Kier alpha value is -1.39. The van der Waals surface area contributed by atoms with Crippen molar-refractivity contribution >= 4 is 17.7 Å². The van der Waals surface area contributed by atoms with Crippen molar-refractivity contribution in [3.8, 4) is 0 Å². The minimum atomic E-state index is -0.679. The minimum Gasteiger partial charge on any atom is -0.467 e. The molecule has 0 saturated heterocycles. The van der Waals surface area contributed by atoms with E-state index in [2.05, 4.69) is 10.1 Å². The maximum atomic E-state index is 11.5. The van der Waals surface area contributed by atoms with Crippen LogP contribution in [0.1, 0.15) is 40.0 Å². The molecule has 0 unspecified atom stereocenters. The number of rotatable bonds is 7. The van der Waals surface area contributed by atoms with E-state index in [-0.39, 0.29) is 18.1 Å². The van der Waals surface area contributed by atoms with Crippen LogP contribution in [0.5, 0.6) is 0 Å². The van der Waals surface area contributed by atoms with Gasteiger partial charge in [0.2, 0.25) is 5.91 Å².